The zero-order chi connectivity index (χ0) is 15.4. The number of hydrogen-bond donors (Lipinski definition) is 2. The topological polar surface area (TPSA) is 84.2 Å². The predicted molar refractivity (Wildman–Crippen MR) is 85.4 cm³/mol. The molecule has 3 heterocycles. The van der Waals surface area contributed by atoms with Crippen LogP contribution >= 0.6 is 11.3 Å². The summed E-state index contributed by atoms with van der Waals surface area (Å²) >= 11 is 1.17. The van der Waals surface area contributed by atoms with Crippen LogP contribution in [0.5, 0.6) is 0 Å². The number of rotatable bonds is 6. The molecule has 114 valence electrons. The van der Waals surface area contributed by atoms with E-state index in [2.05, 4.69) is 15.0 Å². The Kier molecular flexibility index (Phi) is 4.12. The molecule has 0 bridgehead atoms. The van der Waals surface area contributed by atoms with Gasteiger partial charge < -0.3 is 9.73 Å². The third-order valence-electron chi connectivity index (χ3n) is 2.80. The maximum Gasteiger partial charge on any atom is 0.271 e. The molecule has 0 saturated heterocycles. The van der Waals surface area contributed by atoms with Crippen molar-refractivity contribution in [2.75, 3.05) is 10.0 Å². The fourth-order valence-corrected chi connectivity index (χ4v) is 3.81. The Balaban J connectivity index is 1.64. The molecule has 22 heavy (non-hydrogen) atoms. The van der Waals surface area contributed by atoms with E-state index >= 15 is 0 Å². The van der Waals surface area contributed by atoms with Crippen LogP contribution in [0, 0.1) is 0 Å². The van der Waals surface area contributed by atoms with E-state index in [1.54, 1.807) is 35.9 Å². The van der Waals surface area contributed by atoms with Crippen LogP contribution in [0.1, 0.15) is 5.76 Å². The van der Waals surface area contributed by atoms with E-state index in [0.29, 0.717) is 18.1 Å². The molecule has 0 atom stereocenters. The molecule has 0 amide bonds. The van der Waals surface area contributed by atoms with Gasteiger partial charge in [-0.25, -0.2) is 13.4 Å². The molecule has 3 aromatic heterocycles. The van der Waals surface area contributed by atoms with Crippen molar-refractivity contribution in [1.29, 1.82) is 0 Å². The van der Waals surface area contributed by atoms with Crippen molar-refractivity contribution >= 4 is 32.9 Å². The molecule has 0 spiro atoms. The highest BCUT2D eigenvalue weighted by Gasteiger charge is 2.15. The second-order valence-electron chi connectivity index (χ2n) is 4.40. The fourth-order valence-electron chi connectivity index (χ4n) is 1.77. The van der Waals surface area contributed by atoms with Crippen LogP contribution in [-0.2, 0) is 16.6 Å². The van der Waals surface area contributed by atoms with Crippen molar-refractivity contribution in [3.8, 4) is 0 Å². The maximum atomic E-state index is 12.1. The number of pyridine rings is 1. The van der Waals surface area contributed by atoms with Gasteiger partial charge in [-0.05, 0) is 35.7 Å². The number of nitrogens with one attached hydrogen (secondary N) is 2. The molecule has 0 aliphatic heterocycles. The van der Waals surface area contributed by atoms with Crippen LogP contribution in [0.25, 0.3) is 0 Å². The summed E-state index contributed by atoms with van der Waals surface area (Å²) in [5.74, 6) is 1.43. The van der Waals surface area contributed by atoms with E-state index < -0.39 is 10.0 Å². The minimum atomic E-state index is -3.54. The average Bonchev–Trinajstić information content (AvgIpc) is 3.20. The van der Waals surface area contributed by atoms with Gasteiger partial charge in [0.2, 0.25) is 0 Å². The highest BCUT2D eigenvalue weighted by Crippen LogP contribution is 2.20. The van der Waals surface area contributed by atoms with Gasteiger partial charge in [0.25, 0.3) is 10.0 Å². The lowest BCUT2D eigenvalue weighted by Crippen LogP contribution is -2.11. The Bertz CT molecular complexity index is 811. The van der Waals surface area contributed by atoms with Crippen molar-refractivity contribution in [2.24, 2.45) is 0 Å². The lowest BCUT2D eigenvalue weighted by Gasteiger charge is -2.07. The van der Waals surface area contributed by atoms with E-state index in [9.17, 15) is 8.42 Å². The second kappa shape index (κ2) is 6.20. The van der Waals surface area contributed by atoms with Gasteiger partial charge in [-0.3, -0.25) is 4.72 Å². The van der Waals surface area contributed by atoms with Gasteiger partial charge >= 0.3 is 0 Å². The van der Waals surface area contributed by atoms with Crippen LogP contribution in [0.2, 0.25) is 0 Å². The van der Waals surface area contributed by atoms with Crippen LogP contribution in [0.3, 0.4) is 0 Å². The number of nitrogens with zero attached hydrogens (tertiary/aromatic N) is 1. The SMILES string of the molecule is O=S(=O)(Nc1ccc(NCc2ccco2)nc1)c1cccs1. The standard InChI is InChI=1S/C14H13N3O3S2/c18-22(19,14-4-2-8-21-14)17-11-5-6-13(15-9-11)16-10-12-3-1-7-20-12/h1-9,17H,10H2,(H,15,16). The number of anilines is 2. The third kappa shape index (κ3) is 3.46. The summed E-state index contributed by atoms with van der Waals surface area (Å²) in [5.41, 5.74) is 0.414. The molecule has 0 radical (unpaired) electrons. The van der Waals surface area contributed by atoms with Gasteiger partial charge in [-0.15, -0.1) is 11.3 Å². The first-order valence-electron chi connectivity index (χ1n) is 6.42. The lowest BCUT2D eigenvalue weighted by molar-refractivity contribution is 0.518. The number of thiophene rings is 1. The number of hydrogen-bond acceptors (Lipinski definition) is 6. The monoisotopic (exact) mass is 335 g/mol. The first-order valence-corrected chi connectivity index (χ1v) is 8.78. The highest BCUT2D eigenvalue weighted by atomic mass is 32.2. The lowest BCUT2D eigenvalue weighted by atomic mass is 10.4. The molecule has 2 N–H and O–H groups in total. The molecule has 0 unspecified atom stereocenters. The van der Waals surface area contributed by atoms with Gasteiger partial charge in [-0.1, -0.05) is 6.07 Å². The molecule has 3 aromatic rings. The first kappa shape index (κ1) is 14.6. The zero-order valence-electron chi connectivity index (χ0n) is 11.4. The van der Waals surface area contributed by atoms with Crippen molar-refractivity contribution < 1.29 is 12.8 Å². The van der Waals surface area contributed by atoms with E-state index in [4.69, 9.17) is 4.42 Å². The maximum absolute atomic E-state index is 12.1. The van der Waals surface area contributed by atoms with Crippen LogP contribution in [0.4, 0.5) is 11.5 Å². The van der Waals surface area contributed by atoms with Gasteiger partial charge in [0.05, 0.1) is 24.7 Å². The molecule has 0 aliphatic rings. The fraction of sp³-hybridized carbons (Fsp3) is 0.0714. The molecule has 3 rings (SSSR count). The summed E-state index contributed by atoms with van der Waals surface area (Å²) in [6.45, 7) is 0.514. The summed E-state index contributed by atoms with van der Waals surface area (Å²) in [5, 5.41) is 4.80. The van der Waals surface area contributed by atoms with Crippen LogP contribution < -0.4 is 10.0 Å². The summed E-state index contributed by atoms with van der Waals surface area (Å²) in [4.78, 5) is 4.17. The molecule has 0 fully saturated rings. The molecule has 8 heteroatoms. The third-order valence-corrected chi connectivity index (χ3v) is 5.58. The van der Waals surface area contributed by atoms with Crippen LogP contribution in [-0.4, -0.2) is 13.4 Å². The second-order valence-corrected chi connectivity index (χ2v) is 7.26. The molecular formula is C14H13N3O3S2. The molecular weight excluding hydrogens is 322 g/mol. The highest BCUT2D eigenvalue weighted by molar-refractivity contribution is 7.94. The minimum Gasteiger partial charge on any atom is -0.467 e. The molecule has 6 nitrogen and oxygen atoms in total. The minimum absolute atomic E-state index is 0.271. The Hall–Kier alpha value is -2.32. The van der Waals surface area contributed by atoms with Gasteiger partial charge in [-0.2, -0.15) is 0 Å². The molecule has 0 aliphatic carbocycles. The zero-order valence-corrected chi connectivity index (χ0v) is 13.0. The van der Waals surface area contributed by atoms with E-state index in [0.717, 1.165) is 5.76 Å². The number of furan rings is 1. The number of aromatic nitrogens is 1. The summed E-state index contributed by atoms with van der Waals surface area (Å²) in [7, 11) is -3.54. The largest absolute Gasteiger partial charge is 0.467 e. The summed E-state index contributed by atoms with van der Waals surface area (Å²) in [6, 6.07) is 10.3. The normalized spacial score (nSPS) is 11.3. The first-order chi connectivity index (χ1) is 10.6. The van der Waals surface area contributed by atoms with Gasteiger partial charge in [0.1, 0.15) is 15.8 Å². The van der Waals surface area contributed by atoms with Crippen LogP contribution in [0.15, 0.2) is 62.9 Å². The summed E-state index contributed by atoms with van der Waals surface area (Å²) < 4.78 is 32.1. The van der Waals surface area contributed by atoms with Crippen molar-refractivity contribution in [3.05, 3.63) is 60.0 Å². The Morgan fingerprint density at radius 2 is 2.09 bits per heavy atom. The summed E-state index contributed by atoms with van der Waals surface area (Å²) in [6.07, 6.45) is 3.07. The Morgan fingerprint density at radius 1 is 1.18 bits per heavy atom. The van der Waals surface area contributed by atoms with Crippen molar-refractivity contribution in [3.63, 3.8) is 0 Å². The van der Waals surface area contributed by atoms with E-state index in [-0.39, 0.29) is 4.21 Å². The Morgan fingerprint density at radius 3 is 2.73 bits per heavy atom. The smallest absolute Gasteiger partial charge is 0.271 e. The predicted octanol–water partition coefficient (Wildman–Crippen LogP) is 3.15. The number of sulfonamides is 1. The molecule has 0 aromatic carbocycles. The Labute approximate surface area is 131 Å². The van der Waals surface area contributed by atoms with Crippen molar-refractivity contribution in [1.82, 2.24) is 4.98 Å². The molecule has 0 saturated carbocycles. The van der Waals surface area contributed by atoms with Crippen molar-refractivity contribution in [2.45, 2.75) is 10.8 Å². The van der Waals surface area contributed by atoms with Gasteiger partial charge in [0, 0.05) is 0 Å². The average molecular weight is 335 g/mol. The van der Waals surface area contributed by atoms with E-state index in [1.165, 1.54) is 17.5 Å². The quantitative estimate of drug-likeness (QED) is 0.723. The van der Waals surface area contributed by atoms with E-state index in [1.807, 2.05) is 12.1 Å². The van der Waals surface area contributed by atoms with Gasteiger partial charge in [0.15, 0.2) is 0 Å².